The number of hydrogen-bond donors (Lipinski definition) is 3. The predicted octanol–water partition coefficient (Wildman–Crippen LogP) is -1.22. The highest BCUT2D eigenvalue weighted by molar-refractivity contribution is 5.64. The number of amides is 1. The van der Waals surface area contributed by atoms with Crippen molar-refractivity contribution in [2.24, 2.45) is 5.73 Å². The van der Waals surface area contributed by atoms with Crippen molar-refractivity contribution in [2.45, 2.75) is 19.3 Å². The van der Waals surface area contributed by atoms with Gasteiger partial charge in [0.15, 0.2) is 0 Å². The minimum Gasteiger partial charge on any atom is -0.417 e. The van der Waals surface area contributed by atoms with E-state index < -0.39 is 18.5 Å². The van der Waals surface area contributed by atoms with Crippen molar-refractivity contribution in [1.82, 2.24) is 0 Å². The molecule has 1 amide bonds. The molecule has 0 spiro atoms. The SMILES string of the molecule is CC(O)C(O)OC(N)=O. The maximum absolute atomic E-state index is 9.84. The van der Waals surface area contributed by atoms with E-state index in [9.17, 15) is 4.79 Å². The van der Waals surface area contributed by atoms with E-state index in [0.717, 1.165) is 0 Å². The molecule has 54 valence electrons. The lowest BCUT2D eigenvalue weighted by molar-refractivity contribution is -0.116. The highest BCUT2D eigenvalue weighted by atomic mass is 16.7. The van der Waals surface area contributed by atoms with Gasteiger partial charge in [0.1, 0.15) is 6.10 Å². The first-order chi connectivity index (χ1) is 4.04. The highest BCUT2D eigenvalue weighted by Crippen LogP contribution is 1.92. The molecule has 0 radical (unpaired) electrons. The van der Waals surface area contributed by atoms with Crippen molar-refractivity contribution in [3.8, 4) is 0 Å². The monoisotopic (exact) mass is 135 g/mol. The van der Waals surface area contributed by atoms with E-state index in [0.29, 0.717) is 0 Å². The molecule has 4 N–H and O–H groups in total. The number of hydrogen-bond acceptors (Lipinski definition) is 4. The van der Waals surface area contributed by atoms with Crippen molar-refractivity contribution in [1.29, 1.82) is 0 Å². The zero-order chi connectivity index (χ0) is 7.44. The Balaban J connectivity index is 3.50. The molecule has 0 heterocycles. The molecule has 0 aliphatic heterocycles. The summed E-state index contributed by atoms with van der Waals surface area (Å²) in [7, 11) is 0. The lowest BCUT2D eigenvalue weighted by Crippen LogP contribution is -2.30. The van der Waals surface area contributed by atoms with Gasteiger partial charge >= 0.3 is 6.09 Å². The van der Waals surface area contributed by atoms with Crippen LogP contribution in [-0.4, -0.2) is 28.7 Å². The standard InChI is InChI=1S/C4H9NO4/c1-2(6)3(7)9-4(5)8/h2-3,6-7H,1H3,(H2,5,8). The third-order valence-corrected chi connectivity index (χ3v) is 0.650. The van der Waals surface area contributed by atoms with Crippen LogP contribution in [0.1, 0.15) is 6.92 Å². The van der Waals surface area contributed by atoms with Crippen molar-refractivity contribution < 1.29 is 19.7 Å². The van der Waals surface area contributed by atoms with Crippen LogP contribution < -0.4 is 5.73 Å². The number of carbonyl (C=O) groups is 1. The summed E-state index contributed by atoms with van der Waals surface area (Å²) in [5.74, 6) is 0. The summed E-state index contributed by atoms with van der Waals surface area (Å²) in [6.45, 7) is 1.27. The van der Waals surface area contributed by atoms with Crippen LogP contribution in [0, 0.1) is 0 Å². The summed E-state index contributed by atoms with van der Waals surface area (Å²) >= 11 is 0. The molecule has 0 fully saturated rings. The van der Waals surface area contributed by atoms with E-state index in [-0.39, 0.29) is 0 Å². The van der Waals surface area contributed by atoms with Crippen LogP contribution in [0.4, 0.5) is 4.79 Å². The van der Waals surface area contributed by atoms with Gasteiger partial charge in [-0.15, -0.1) is 0 Å². The Morgan fingerprint density at radius 3 is 2.22 bits per heavy atom. The van der Waals surface area contributed by atoms with Gasteiger partial charge in [-0.05, 0) is 6.92 Å². The fourth-order valence-electron chi connectivity index (χ4n) is 0.217. The topological polar surface area (TPSA) is 92.8 Å². The number of aliphatic hydroxyl groups excluding tert-OH is 2. The van der Waals surface area contributed by atoms with E-state index in [1.807, 2.05) is 0 Å². The molecule has 2 atom stereocenters. The summed E-state index contributed by atoms with van der Waals surface area (Å²) in [6.07, 6.45) is -3.75. The lowest BCUT2D eigenvalue weighted by Gasteiger charge is -2.11. The summed E-state index contributed by atoms with van der Waals surface area (Å²) in [5.41, 5.74) is 4.50. The zero-order valence-electron chi connectivity index (χ0n) is 4.94. The first-order valence-electron chi connectivity index (χ1n) is 2.36. The highest BCUT2D eigenvalue weighted by Gasteiger charge is 2.13. The number of primary amides is 1. The fraction of sp³-hybridized carbons (Fsp3) is 0.750. The Morgan fingerprint density at radius 1 is 1.67 bits per heavy atom. The number of carbonyl (C=O) groups excluding carboxylic acids is 1. The van der Waals surface area contributed by atoms with Gasteiger partial charge < -0.3 is 20.7 Å². The maximum Gasteiger partial charge on any atom is 0.406 e. The summed E-state index contributed by atoms with van der Waals surface area (Å²) in [6, 6.07) is 0. The Labute approximate surface area is 52.0 Å². The Morgan fingerprint density at radius 2 is 2.11 bits per heavy atom. The van der Waals surface area contributed by atoms with Gasteiger partial charge in [0.2, 0.25) is 6.29 Å². The average molecular weight is 135 g/mol. The van der Waals surface area contributed by atoms with Crippen LogP contribution in [0.25, 0.3) is 0 Å². The molecule has 2 unspecified atom stereocenters. The van der Waals surface area contributed by atoms with E-state index in [4.69, 9.17) is 10.2 Å². The molecule has 9 heavy (non-hydrogen) atoms. The number of nitrogens with two attached hydrogens (primary N) is 1. The van der Waals surface area contributed by atoms with Gasteiger partial charge in [-0.25, -0.2) is 4.79 Å². The second-order valence-electron chi connectivity index (χ2n) is 1.57. The Hall–Kier alpha value is -0.810. The molecule has 5 heteroatoms. The van der Waals surface area contributed by atoms with Gasteiger partial charge in [-0.1, -0.05) is 0 Å². The molecule has 0 aromatic carbocycles. The molecule has 0 saturated heterocycles. The van der Waals surface area contributed by atoms with E-state index in [1.165, 1.54) is 6.92 Å². The Kier molecular flexibility index (Phi) is 2.97. The van der Waals surface area contributed by atoms with Crippen molar-refractivity contribution >= 4 is 6.09 Å². The van der Waals surface area contributed by atoms with Crippen LogP contribution in [-0.2, 0) is 4.74 Å². The summed E-state index contributed by atoms with van der Waals surface area (Å²) < 4.78 is 3.96. The molecule has 0 aromatic rings. The third-order valence-electron chi connectivity index (χ3n) is 0.650. The van der Waals surface area contributed by atoms with Crippen LogP contribution in [0.15, 0.2) is 0 Å². The first kappa shape index (κ1) is 8.19. The predicted molar refractivity (Wildman–Crippen MR) is 28.4 cm³/mol. The second kappa shape index (κ2) is 3.26. The maximum atomic E-state index is 9.84. The largest absolute Gasteiger partial charge is 0.417 e. The Bertz CT molecular complexity index is 103. The second-order valence-corrected chi connectivity index (χ2v) is 1.57. The van der Waals surface area contributed by atoms with Crippen molar-refractivity contribution in [3.05, 3.63) is 0 Å². The van der Waals surface area contributed by atoms with Crippen LogP contribution in [0.5, 0.6) is 0 Å². The molecule has 0 aromatic heterocycles. The summed E-state index contributed by atoms with van der Waals surface area (Å²) in [5, 5.41) is 17.0. The van der Waals surface area contributed by atoms with Crippen molar-refractivity contribution in [2.75, 3.05) is 0 Å². The minimum atomic E-state index is -1.53. The molecule has 0 aliphatic rings. The molecule has 0 saturated carbocycles. The average Bonchev–Trinajstić information content (AvgIpc) is 1.63. The van der Waals surface area contributed by atoms with E-state index in [2.05, 4.69) is 10.5 Å². The summed E-state index contributed by atoms with van der Waals surface area (Å²) in [4.78, 5) is 9.84. The molecule has 0 bridgehead atoms. The number of ether oxygens (including phenoxy) is 1. The first-order valence-corrected chi connectivity index (χ1v) is 2.36. The van der Waals surface area contributed by atoms with Crippen LogP contribution in [0.2, 0.25) is 0 Å². The fourth-order valence-corrected chi connectivity index (χ4v) is 0.217. The molecular formula is C4H9NO4. The van der Waals surface area contributed by atoms with Crippen molar-refractivity contribution in [3.63, 3.8) is 0 Å². The zero-order valence-corrected chi connectivity index (χ0v) is 4.94. The molecule has 0 aliphatic carbocycles. The van der Waals surface area contributed by atoms with Crippen LogP contribution in [0.3, 0.4) is 0 Å². The molecule has 0 rings (SSSR count). The lowest BCUT2D eigenvalue weighted by atomic mass is 10.4. The van der Waals surface area contributed by atoms with Crippen LogP contribution >= 0.6 is 0 Å². The van der Waals surface area contributed by atoms with E-state index >= 15 is 0 Å². The van der Waals surface area contributed by atoms with Gasteiger partial charge in [0.05, 0.1) is 0 Å². The van der Waals surface area contributed by atoms with E-state index in [1.54, 1.807) is 0 Å². The van der Waals surface area contributed by atoms with Gasteiger partial charge in [-0.3, -0.25) is 0 Å². The minimum absolute atomic E-state index is 1.11. The third kappa shape index (κ3) is 3.75. The van der Waals surface area contributed by atoms with Gasteiger partial charge in [0.25, 0.3) is 0 Å². The molecular weight excluding hydrogens is 126 g/mol. The normalized spacial score (nSPS) is 16.3. The van der Waals surface area contributed by atoms with Gasteiger partial charge in [-0.2, -0.15) is 0 Å². The molecule has 5 nitrogen and oxygen atoms in total. The quantitative estimate of drug-likeness (QED) is 0.414. The van der Waals surface area contributed by atoms with Gasteiger partial charge in [0, 0.05) is 0 Å². The number of rotatable bonds is 2. The smallest absolute Gasteiger partial charge is 0.406 e. The number of aliphatic hydroxyl groups is 2.